The van der Waals surface area contributed by atoms with Crippen LogP contribution in [-0.4, -0.2) is 58.2 Å². The van der Waals surface area contributed by atoms with Crippen LogP contribution in [0, 0.1) is 5.92 Å². The van der Waals surface area contributed by atoms with Crippen LogP contribution in [0.25, 0.3) is 0 Å². The van der Waals surface area contributed by atoms with Crippen molar-refractivity contribution in [2.24, 2.45) is 5.92 Å². The van der Waals surface area contributed by atoms with E-state index >= 15 is 0 Å². The van der Waals surface area contributed by atoms with Gasteiger partial charge in [-0.1, -0.05) is 45.0 Å². The number of hydrogen-bond donors (Lipinski definition) is 3. The van der Waals surface area contributed by atoms with Gasteiger partial charge in [0.25, 0.3) is 0 Å². The van der Waals surface area contributed by atoms with Gasteiger partial charge >= 0.3 is 6.09 Å². The van der Waals surface area contributed by atoms with Crippen molar-refractivity contribution < 1.29 is 24.2 Å². The highest BCUT2D eigenvalue weighted by molar-refractivity contribution is 5.92. The minimum Gasteiger partial charge on any atom is -0.444 e. The Morgan fingerprint density at radius 2 is 1.59 bits per heavy atom. The molecule has 0 aliphatic carbocycles. The molecule has 3 amide bonds. The first-order valence-corrected chi connectivity index (χ1v) is 11.9. The Hall–Kier alpha value is -2.61. The second-order valence-corrected chi connectivity index (χ2v) is 10.9. The molecule has 0 saturated carbocycles. The molecule has 1 rings (SSSR count). The van der Waals surface area contributed by atoms with E-state index in [1.54, 1.807) is 34.6 Å². The average molecular weight is 478 g/mol. The first-order valence-electron chi connectivity index (χ1n) is 11.9. The van der Waals surface area contributed by atoms with E-state index in [4.69, 9.17) is 4.74 Å². The highest BCUT2D eigenvalue weighted by atomic mass is 16.6. The van der Waals surface area contributed by atoms with Crippen molar-refractivity contribution in [3.63, 3.8) is 0 Å². The molecule has 8 heteroatoms. The lowest BCUT2D eigenvalue weighted by Crippen LogP contribution is -2.56. The van der Waals surface area contributed by atoms with Crippen LogP contribution < -0.4 is 10.6 Å². The number of aliphatic hydroxyl groups is 1. The third-order valence-electron chi connectivity index (χ3n) is 4.99. The van der Waals surface area contributed by atoms with Crippen molar-refractivity contribution in [2.75, 3.05) is 13.2 Å². The molecule has 3 N–H and O–H groups in total. The standard InChI is InChI=1S/C26H43N3O5/c1-10-18-11-13-19(14-12-18)21(22(31)28-25(4,5)6)29(15-16-30)23(32)20(17(2)3)27-24(33)34-26(7,8)9/h11-14,17,20-21,30H,10,15-16H2,1-9H3,(H,27,33)(H,28,31). The Morgan fingerprint density at radius 3 is 2.00 bits per heavy atom. The van der Waals surface area contributed by atoms with Gasteiger partial charge in [-0.25, -0.2) is 4.79 Å². The van der Waals surface area contributed by atoms with Crippen LogP contribution in [0.4, 0.5) is 4.79 Å². The summed E-state index contributed by atoms with van der Waals surface area (Å²) in [6.07, 6.45) is 0.125. The number of rotatable bonds is 9. The van der Waals surface area contributed by atoms with Crippen LogP contribution in [0.15, 0.2) is 24.3 Å². The minimum absolute atomic E-state index is 0.0736. The summed E-state index contributed by atoms with van der Waals surface area (Å²) in [5, 5.41) is 15.4. The maximum Gasteiger partial charge on any atom is 0.408 e. The zero-order valence-corrected chi connectivity index (χ0v) is 22.2. The van der Waals surface area contributed by atoms with Gasteiger partial charge in [-0.05, 0) is 65.0 Å². The summed E-state index contributed by atoms with van der Waals surface area (Å²) in [5.41, 5.74) is 0.472. The number of carbonyl (C=O) groups excluding carboxylic acids is 3. The molecule has 1 aromatic carbocycles. The summed E-state index contributed by atoms with van der Waals surface area (Å²) in [6.45, 7) is 16.0. The summed E-state index contributed by atoms with van der Waals surface area (Å²) < 4.78 is 5.34. The predicted octanol–water partition coefficient (Wildman–Crippen LogP) is 3.58. The Morgan fingerprint density at radius 1 is 1.03 bits per heavy atom. The number of alkyl carbamates (subject to hydrolysis) is 1. The summed E-state index contributed by atoms with van der Waals surface area (Å²) in [6, 6.07) is 5.58. The summed E-state index contributed by atoms with van der Waals surface area (Å²) >= 11 is 0. The summed E-state index contributed by atoms with van der Waals surface area (Å²) in [7, 11) is 0. The Balaban J connectivity index is 3.44. The van der Waals surface area contributed by atoms with E-state index in [0.717, 1.165) is 12.0 Å². The first-order chi connectivity index (χ1) is 15.6. The quantitative estimate of drug-likeness (QED) is 0.504. The topological polar surface area (TPSA) is 108 Å². The van der Waals surface area contributed by atoms with Gasteiger partial charge in [-0.3, -0.25) is 9.59 Å². The van der Waals surface area contributed by atoms with Crippen molar-refractivity contribution in [1.82, 2.24) is 15.5 Å². The first kappa shape index (κ1) is 29.4. The lowest BCUT2D eigenvalue weighted by Gasteiger charge is -2.36. The largest absolute Gasteiger partial charge is 0.444 e. The number of aryl methyl sites for hydroxylation is 1. The summed E-state index contributed by atoms with van der Waals surface area (Å²) in [4.78, 5) is 41.0. The normalized spacial score (nSPS) is 13.7. The van der Waals surface area contributed by atoms with Gasteiger partial charge in [-0.2, -0.15) is 0 Å². The number of nitrogens with zero attached hydrogens (tertiary/aromatic N) is 1. The predicted molar refractivity (Wildman–Crippen MR) is 133 cm³/mol. The van der Waals surface area contributed by atoms with Crippen LogP contribution in [0.5, 0.6) is 0 Å². The van der Waals surface area contributed by atoms with E-state index in [-0.39, 0.29) is 25.0 Å². The fraction of sp³-hybridized carbons (Fsp3) is 0.654. The maximum atomic E-state index is 13.7. The van der Waals surface area contributed by atoms with Crippen molar-refractivity contribution >= 4 is 17.9 Å². The average Bonchev–Trinajstić information content (AvgIpc) is 2.68. The molecule has 192 valence electrons. The maximum absolute atomic E-state index is 13.7. The molecule has 0 saturated heterocycles. The molecule has 34 heavy (non-hydrogen) atoms. The zero-order chi connectivity index (χ0) is 26.3. The molecule has 0 spiro atoms. The molecule has 2 unspecified atom stereocenters. The minimum atomic E-state index is -0.980. The Labute approximate surface area is 204 Å². The molecule has 8 nitrogen and oxygen atoms in total. The third-order valence-corrected chi connectivity index (χ3v) is 4.99. The van der Waals surface area contributed by atoms with E-state index in [1.807, 2.05) is 52.0 Å². The number of aliphatic hydroxyl groups excluding tert-OH is 1. The molecule has 0 aliphatic heterocycles. The third kappa shape index (κ3) is 9.33. The Bertz CT molecular complexity index is 822. The molecule has 2 atom stereocenters. The van der Waals surface area contributed by atoms with E-state index in [9.17, 15) is 19.5 Å². The molecule has 0 heterocycles. The molecule has 0 bridgehead atoms. The second kappa shape index (κ2) is 12.2. The highest BCUT2D eigenvalue weighted by Gasteiger charge is 2.38. The smallest absolute Gasteiger partial charge is 0.408 e. The van der Waals surface area contributed by atoms with E-state index < -0.39 is 35.2 Å². The summed E-state index contributed by atoms with van der Waals surface area (Å²) in [5.74, 6) is -1.11. The molecule has 0 aliphatic rings. The molecule has 1 aromatic rings. The van der Waals surface area contributed by atoms with Gasteiger partial charge in [0.2, 0.25) is 11.8 Å². The number of benzene rings is 1. The van der Waals surface area contributed by atoms with Crippen molar-refractivity contribution in [3.8, 4) is 0 Å². The van der Waals surface area contributed by atoms with Gasteiger partial charge in [0.15, 0.2) is 0 Å². The number of hydrogen-bond acceptors (Lipinski definition) is 5. The number of ether oxygens (including phenoxy) is 1. The van der Waals surface area contributed by atoms with Gasteiger partial charge in [0.05, 0.1) is 6.61 Å². The number of nitrogens with one attached hydrogen (secondary N) is 2. The molecule has 0 fully saturated rings. The van der Waals surface area contributed by atoms with Crippen LogP contribution >= 0.6 is 0 Å². The van der Waals surface area contributed by atoms with Gasteiger partial charge in [0, 0.05) is 12.1 Å². The van der Waals surface area contributed by atoms with E-state index in [0.29, 0.717) is 5.56 Å². The van der Waals surface area contributed by atoms with Crippen LogP contribution in [0.3, 0.4) is 0 Å². The second-order valence-electron chi connectivity index (χ2n) is 10.9. The lowest BCUT2D eigenvalue weighted by molar-refractivity contribution is -0.144. The molecular weight excluding hydrogens is 434 g/mol. The number of amides is 3. The van der Waals surface area contributed by atoms with Crippen molar-refractivity contribution in [3.05, 3.63) is 35.4 Å². The highest BCUT2D eigenvalue weighted by Crippen LogP contribution is 2.25. The van der Waals surface area contributed by atoms with Crippen LogP contribution in [0.2, 0.25) is 0 Å². The monoisotopic (exact) mass is 477 g/mol. The zero-order valence-electron chi connectivity index (χ0n) is 22.2. The van der Waals surface area contributed by atoms with Gasteiger partial charge < -0.3 is 25.4 Å². The van der Waals surface area contributed by atoms with E-state index in [1.165, 1.54) is 4.90 Å². The van der Waals surface area contributed by atoms with Gasteiger partial charge in [-0.15, -0.1) is 0 Å². The van der Waals surface area contributed by atoms with Crippen molar-refractivity contribution in [1.29, 1.82) is 0 Å². The van der Waals surface area contributed by atoms with Gasteiger partial charge in [0.1, 0.15) is 17.7 Å². The lowest BCUT2D eigenvalue weighted by atomic mass is 9.97. The molecular formula is C26H43N3O5. The fourth-order valence-electron chi connectivity index (χ4n) is 3.45. The Kier molecular flexibility index (Phi) is 10.6. The van der Waals surface area contributed by atoms with Crippen molar-refractivity contribution in [2.45, 2.75) is 92.0 Å². The molecule has 0 aromatic heterocycles. The van der Waals surface area contributed by atoms with E-state index in [2.05, 4.69) is 10.6 Å². The fourth-order valence-corrected chi connectivity index (χ4v) is 3.45. The SMILES string of the molecule is CCc1ccc(C(C(=O)NC(C)(C)C)N(CCO)C(=O)C(NC(=O)OC(C)(C)C)C(C)C)cc1. The molecule has 0 radical (unpaired) electrons. The number of carbonyl (C=O) groups is 3. The van der Waals surface area contributed by atoms with Crippen LogP contribution in [-0.2, 0) is 20.7 Å². The van der Waals surface area contributed by atoms with Crippen LogP contribution in [0.1, 0.15) is 79.5 Å².